The number of hydrogen-bond acceptors (Lipinski definition) is 3. The highest BCUT2D eigenvalue weighted by atomic mass is 79.9. The Morgan fingerprint density at radius 1 is 1.37 bits per heavy atom. The van der Waals surface area contributed by atoms with Crippen LogP contribution >= 0.6 is 15.9 Å². The summed E-state index contributed by atoms with van der Waals surface area (Å²) in [6.45, 7) is 3.88. The predicted molar refractivity (Wildman–Crippen MR) is 76.2 cm³/mol. The molecule has 1 aromatic carbocycles. The number of rotatable bonds is 4. The van der Waals surface area contributed by atoms with Gasteiger partial charge in [-0.05, 0) is 41.4 Å². The van der Waals surface area contributed by atoms with Crippen molar-refractivity contribution >= 4 is 26.0 Å². The van der Waals surface area contributed by atoms with E-state index in [1.807, 2.05) is 13.0 Å². The number of nitrogens with zero attached hydrogens (tertiary/aromatic N) is 1. The molecule has 0 aliphatic carbocycles. The van der Waals surface area contributed by atoms with Crippen molar-refractivity contribution in [3.63, 3.8) is 0 Å². The molecule has 0 bridgehead atoms. The fraction of sp³-hybridized carbons (Fsp3) is 0.250. The van der Waals surface area contributed by atoms with Crippen LogP contribution in [0.3, 0.4) is 0 Å². The van der Waals surface area contributed by atoms with Crippen molar-refractivity contribution in [3.8, 4) is 0 Å². The van der Waals surface area contributed by atoms with Crippen molar-refractivity contribution < 1.29 is 8.42 Å². The Morgan fingerprint density at radius 3 is 2.68 bits per heavy atom. The molecule has 0 saturated heterocycles. The maximum Gasteiger partial charge on any atom is 0.241 e. The van der Waals surface area contributed by atoms with E-state index in [0.717, 1.165) is 15.6 Å². The maximum atomic E-state index is 12.2. The average molecular weight is 344 g/mol. The highest BCUT2D eigenvalue weighted by molar-refractivity contribution is 9.10. The molecule has 0 radical (unpaired) electrons. The zero-order valence-corrected chi connectivity index (χ0v) is 13.0. The van der Waals surface area contributed by atoms with Gasteiger partial charge in [0.2, 0.25) is 10.0 Å². The molecule has 1 heterocycles. The van der Waals surface area contributed by atoms with E-state index in [1.54, 1.807) is 25.3 Å². The molecule has 19 heavy (non-hydrogen) atoms. The Kier molecular flexibility index (Phi) is 4.07. The first kappa shape index (κ1) is 14.2. The number of nitrogens with one attached hydrogen (secondary N) is 2. The van der Waals surface area contributed by atoms with Gasteiger partial charge >= 0.3 is 0 Å². The van der Waals surface area contributed by atoms with E-state index in [1.165, 1.54) is 0 Å². The Balaban J connectivity index is 2.21. The monoisotopic (exact) mass is 343 g/mol. The third kappa shape index (κ3) is 3.23. The van der Waals surface area contributed by atoms with E-state index >= 15 is 0 Å². The quantitative estimate of drug-likeness (QED) is 0.894. The number of sulfonamides is 1. The molecule has 2 rings (SSSR count). The molecule has 0 fully saturated rings. The molecule has 102 valence electrons. The van der Waals surface area contributed by atoms with Gasteiger partial charge in [0.25, 0.3) is 0 Å². The zero-order chi connectivity index (χ0) is 14.0. The molecule has 0 atom stereocenters. The summed E-state index contributed by atoms with van der Waals surface area (Å²) >= 11 is 3.29. The Hall–Kier alpha value is -1.18. The third-order valence-electron chi connectivity index (χ3n) is 2.72. The molecule has 2 aromatic rings. The van der Waals surface area contributed by atoms with Crippen molar-refractivity contribution in [2.75, 3.05) is 0 Å². The van der Waals surface area contributed by atoms with Crippen LogP contribution in [0.5, 0.6) is 0 Å². The summed E-state index contributed by atoms with van der Waals surface area (Å²) in [5, 5.41) is 6.55. The first-order valence-electron chi connectivity index (χ1n) is 5.65. The van der Waals surface area contributed by atoms with Crippen LogP contribution in [-0.4, -0.2) is 18.6 Å². The highest BCUT2D eigenvalue weighted by Gasteiger charge is 2.17. The molecule has 0 spiro atoms. The molecule has 5 nitrogen and oxygen atoms in total. The van der Waals surface area contributed by atoms with Gasteiger partial charge in [0.1, 0.15) is 0 Å². The van der Waals surface area contributed by atoms with Gasteiger partial charge in [0.15, 0.2) is 0 Å². The van der Waals surface area contributed by atoms with Crippen molar-refractivity contribution in [1.29, 1.82) is 0 Å². The van der Waals surface area contributed by atoms with Crippen LogP contribution in [0.4, 0.5) is 0 Å². The SMILES string of the molecule is Cc1ccc(S(=O)(=O)NCc2[nH]ncc2Br)c(C)c1. The van der Waals surface area contributed by atoms with Crippen LogP contribution in [0.15, 0.2) is 33.8 Å². The molecule has 0 amide bonds. The van der Waals surface area contributed by atoms with Crippen molar-refractivity contribution in [3.05, 3.63) is 45.7 Å². The van der Waals surface area contributed by atoms with Crippen LogP contribution in [0.2, 0.25) is 0 Å². The number of aryl methyl sites for hydroxylation is 2. The van der Waals surface area contributed by atoms with Gasteiger partial charge in [-0.25, -0.2) is 13.1 Å². The lowest BCUT2D eigenvalue weighted by Crippen LogP contribution is -2.24. The average Bonchev–Trinajstić information content (AvgIpc) is 2.72. The molecular formula is C12H14BrN3O2S. The highest BCUT2D eigenvalue weighted by Crippen LogP contribution is 2.18. The maximum absolute atomic E-state index is 12.2. The fourth-order valence-corrected chi connectivity index (χ4v) is 3.32. The van der Waals surface area contributed by atoms with Gasteiger partial charge in [-0.2, -0.15) is 5.10 Å². The summed E-state index contributed by atoms with van der Waals surface area (Å²) in [5.74, 6) is 0. The number of H-pyrrole nitrogens is 1. The van der Waals surface area contributed by atoms with E-state index < -0.39 is 10.0 Å². The lowest BCUT2D eigenvalue weighted by atomic mass is 10.2. The van der Waals surface area contributed by atoms with Gasteiger partial charge in [-0.3, -0.25) is 5.10 Å². The van der Waals surface area contributed by atoms with Crippen LogP contribution < -0.4 is 4.72 Å². The normalized spacial score (nSPS) is 11.7. The smallest absolute Gasteiger partial charge is 0.241 e. The van der Waals surface area contributed by atoms with Crippen molar-refractivity contribution in [2.45, 2.75) is 25.3 Å². The second kappa shape index (κ2) is 5.44. The first-order valence-corrected chi connectivity index (χ1v) is 7.92. The summed E-state index contributed by atoms with van der Waals surface area (Å²) in [6, 6.07) is 5.25. The van der Waals surface area contributed by atoms with Crippen molar-refractivity contribution in [2.24, 2.45) is 0 Å². The number of aromatic nitrogens is 2. The Bertz CT molecular complexity index is 695. The lowest BCUT2D eigenvalue weighted by molar-refractivity contribution is 0.579. The standard InChI is InChI=1S/C12H14BrN3O2S/c1-8-3-4-12(9(2)5-8)19(17,18)15-7-11-10(13)6-14-16-11/h3-6,15H,7H2,1-2H3,(H,14,16). The summed E-state index contributed by atoms with van der Waals surface area (Å²) in [7, 11) is -3.52. The second-order valence-electron chi connectivity index (χ2n) is 4.29. The number of halogens is 1. The summed E-state index contributed by atoms with van der Waals surface area (Å²) in [5.41, 5.74) is 2.46. The molecule has 1 aromatic heterocycles. The van der Waals surface area contributed by atoms with Crippen LogP contribution in [0.1, 0.15) is 16.8 Å². The number of hydrogen-bond donors (Lipinski definition) is 2. The van der Waals surface area contributed by atoms with E-state index in [9.17, 15) is 8.42 Å². The largest absolute Gasteiger partial charge is 0.280 e. The van der Waals surface area contributed by atoms with E-state index in [-0.39, 0.29) is 6.54 Å². The number of aromatic amines is 1. The Morgan fingerprint density at radius 2 is 2.11 bits per heavy atom. The predicted octanol–water partition coefficient (Wildman–Crippen LogP) is 2.27. The van der Waals surface area contributed by atoms with E-state index in [0.29, 0.717) is 10.6 Å². The molecule has 0 unspecified atom stereocenters. The van der Waals surface area contributed by atoms with Gasteiger partial charge in [-0.15, -0.1) is 0 Å². The molecule has 0 aliphatic heterocycles. The van der Waals surface area contributed by atoms with Crippen molar-refractivity contribution in [1.82, 2.24) is 14.9 Å². The lowest BCUT2D eigenvalue weighted by Gasteiger charge is -2.09. The first-order chi connectivity index (χ1) is 8.90. The van der Waals surface area contributed by atoms with Crippen LogP contribution in [-0.2, 0) is 16.6 Å². The molecule has 2 N–H and O–H groups in total. The molecule has 0 saturated carbocycles. The van der Waals surface area contributed by atoms with Gasteiger partial charge < -0.3 is 0 Å². The summed E-state index contributed by atoms with van der Waals surface area (Å²) in [6.07, 6.45) is 1.58. The van der Waals surface area contributed by atoms with Crippen LogP contribution in [0.25, 0.3) is 0 Å². The minimum absolute atomic E-state index is 0.163. The van der Waals surface area contributed by atoms with Gasteiger partial charge in [0.05, 0.1) is 27.8 Å². The fourth-order valence-electron chi connectivity index (χ4n) is 1.77. The van der Waals surface area contributed by atoms with Gasteiger partial charge in [0, 0.05) is 0 Å². The zero-order valence-electron chi connectivity index (χ0n) is 10.6. The van der Waals surface area contributed by atoms with Gasteiger partial charge in [-0.1, -0.05) is 17.7 Å². The molecular weight excluding hydrogens is 330 g/mol. The minimum atomic E-state index is -3.52. The van der Waals surface area contributed by atoms with Crippen LogP contribution in [0, 0.1) is 13.8 Å². The summed E-state index contributed by atoms with van der Waals surface area (Å²) in [4.78, 5) is 0.300. The second-order valence-corrected chi connectivity index (χ2v) is 6.88. The molecule has 0 aliphatic rings. The minimum Gasteiger partial charge on any atom is -0.280 e. The molecule has 7 heteroatoms. The number of benzene rings is 1. The topological polar surface area (TPSA) is 74.8 Å². The summed E-state index contributed by atoms with van der Waals surface area (Å²) < 4.78 is 27.7. The van der Waals surface area contributed by atoms with E-state index in [2.05, 4.69) is 30.8 Å². The Labute approximate surface area is 120 Å². The van der Waals surface area contributed by atoms with E-state index in [4.69, 9.17) is 0 Å². The third-order valence-corrected chi connectivity index (χ3v) is 4.97.